The Bertz CT molecular complexity index is 2840. The number of ether oxygens (including phenoxy) is 12. The van der Waals surface area contributed by atoms with Gasteiger partial charge in [-0.25, -0.2) is 24.0 Å². The lowest BCUT2D eigenvalue weighted by molar-refractivity contribution is -0.375. The Hall–Kier alpha value is -6.93. The van der Waals surface area contributed by atoms with Crippen LogP contribution >= 0.6 is 0 Å². The predicted octanol–water partition coefficient (Wildman–Crippen LogP) is 5.15. The Kier molecular flexibility index (Phi) is 20.6. The number of methoxy groups -OCH3 is 1. The summed E-state index contributed by atoms with van der Waals surface area (Å²) in [6.07, 6.45) is -26.1. The third kappa shape index (κ3) is 15.3. The van der Waals surface area contributed by atoms with Gasteiger partial charge < -0.3 is 77.3 Å². The molecule has 5 aromatic rings. The van der Waals surface area contributed by atoms with Crippen LogP contribution in [0.2, 0.25) is 25.7 Å². The second-order valence-corrected chi connectivity index (χ2v) is 26.2. The highest BCUT2D eigenvalue weighted by atomic mass is 28.3. The van der Waals surface area contributed by atoms with Gasteiger partial charge in [-0.3, -0.25) is 0 Å². The lowest BCUT2D eigenvalue weighted by atomic mass is 9.95. The van der Waals surface area contributed by atoms with E-state index in [2.05, 4.69) is 19.6 Å². The van der Waals surface area contributed by atoms with E-state index in [-0.39, 0.29) is 34.4 Å². The Morgan fingerprint density at radius 1 is 0.469 bits per heavy atom. The summed E-state index contributed by atoms with van der Waals surface area (Å²) in [5.74, 6) is -4.22. The third-order valence-corrected chi connectivity index (χ3v) is 15.3. The van der Waals surface area contributed by atoms with Crippen LogP contribution in [-0.2, 0) is 52.1 Å². The fourth-order valence-corrected chi connectivity index (χ4v) is 9.83. The number of rotatable bonds is 21. The highest BCUT2D eigenvalue weighted by Crippen LogP contribution is 2.38. The number of hydrogen-bond acceptors (Lipinski definition) is 21. The van der Waals surface area contributed by atoms with E-state index in [9.17, 15) is 44.4 Å². The van der Waals surface area contributed by atoms with E-state index in [1.54, 1.807) is 79.7 Å². The van der Waals surface area contributed by atoms with Crippen molar-refractivity contribution < 1.29 is 101 Å². The number of hydrogen-bond donors (Lipinski definition) is 4. The molecule has 0 bridgehead atoms. The highest BCUT2D eigenvalue weighted by Gasteiger charge is 2.58. The largest absolute Gasteiger partial charge is 0.497 e. The fourth-order valence-electron chi connectivity index (χ4n) is 9.10. The summed E-state index contributed by atoms with van der Waals surface area (Å²) in [4.78, 5) is 71.4. The van der Waals surface area contributed by atoms with Crippen molar-refractivity contribution in [3.63, 3.8) is 0 Å². The Morgan fingerprint density at radius 3 is 1.35 bits per heavy atom. The minimum atomic E-state index is -2.05. The first-order valence-corrected chi connectivity index (χ1v) is 30.0. The molecule has 0 spiro atoms. The molecule has 0 saturated carbocycles. The molecule has 3 heterocycles. The molecule has 432 valence electrons. The average Bonchev–Trinajstić information content (AvgIpc) is 3.48. The summed E-state index contributed by atoms with van der Waals surface area (Å²) in [7, 11) is -0.311. The van der Waals surface area contributed by atoms with Crippen LogP contribution < -0.4 is 4.74 Å². The van der Waals surface area contributed by atoms with Gasteiger partial charge in [-0.05, 0) is 85.8 Å². The number of aliphatic hydroxyl groups excluding tert-OH is 4. The molecular formula is C59H66O21Si. The molecular weight excluding hydrogens is 1070 g/mol. The molecule has 0 aliphatic carbocycles. The SMILES string of the molecule is COc1ccc(C(=O)OC[C@H]2O[C@@H](O[C@H]3[C@H](OC(=O)c4ccccc4)[C@@H](OC(=O)c4ccccc4)[C@H](OCC[Si](C)(C)C)O[C@@H]3C)[C@H](OC(=O)c3ccccc3)[C@@H](OC(=O)c3ccccc3)[C@H]2O[C@@H]2O[C@H](CO)[C@H](O)[C@H](O)[C@H]2O)cc1. The van der Waals surface area contributed by atoms with E-state index < -0.39 is 143 Å². The van der Waals surface area contributed by atoms with Crippen LogP contribution in [0, 0.1) is 0 Å². The van der Waals surface area contributed by atoms with Crippen molar-refractivity contribution in [1.29, 1.82) is 0 Å². The molecule has 4 N–H and O–H groups in total. The van der Waals surface area contributed by atoms with E-state index in [1.807, 2.05) is 0 Å². The second kappa shape index (κ2) is 27.7. The van der Waals surface area contributed by atoms with Gasteiger partial charge in [0.05, 0.1) is 47.6 Å². The molecule has 81 heavy (non-hydrogen) atoms. The van der Waals surface area contributed by atoms with Gasteiger partial charge in [0, 0.05) is 14.7 Å². The minimum absolute atomic E-state index is 0.00145. The van der Waals surface area contributed by atoms with Crippen LogP contribution in [0.1, 0.15) is 58.7 Å². The molecule has 5 aromatic carbocycles. The van der Waals surface area contributed by atoms with Gasteiger partial charge in [0.1, 0.15) is 55.1 Å². The average molecular weight is 1140 g/mol. The van der Waals surface area contributed by atoms with E-state index in [1.165, 1.54) is 79.9 Å². The quantitative estimate of drug-likeness (QED) is 0.0420. The molecule has 22 heteroatoms. The molecule has 3 fully saturated rings. The number of benzene rings is 5. The van der Waals surface area contributed by atoms with E-state index in [4.69, 9.17) is 56.8 Å². The Balaban J connectivity index is 1.26. The summed E-state index contributed by atoms with van der Waals surface area (Å²) in [6, 6.07) is 37.9. The number of carbonyl (C=O) groups excluding carboxylic acids is 5. The first-order chi connectivity index (χ1) is 38.9. The topological polar surface area (TPSA) is 277 Å². The summed E-state index contributed by atoms with van der Waals surface area (Å²) < 4.78 is 75.1. The van der Waals surface area contributed by atoms with Crippen molar-refractivity contribution in [3.8, 4) is 5.75 Å². The van der Waals surface area contributed by atoms with Crippen LogP contribution in [-0.4, -0.2) is 177 Å². The molecule has 8 rings (SSSR count). The number of aliphatic hydroxyl groups is 4. The maximum Gasteiger partial charge on any atom is 0.338 e. The van der Waals surface area contributed by atoms with Gasteiger partial charge in [0.15, 0.2) is 43.3 Å². The van der Waals surface area contributed by atoms with Gasteiger partial charge >= 0.3 is 29.8 Å². The zero-order valence-electron chi connectivity index (χ0n) is 45.1. The third-order valence-electron chi connectivity index (χ3n) is 13.6. The van der Waals surface area contributed by atoms with Crippen molar-refractivity contribution in [2.24, 2.45) is 0 Å². The van der Waals surface area contributed by atoms with Crippen LogP contribution in [0.25, 0.3) is 0 Å². The summed E-state index contributed by atoms with van der Waals surface area (Å²) in [5.41, 5.74) is 0.284. The molecule has 0 radical (unpaired) electrons. The first kappa shape index (κ1) is 60.2. The van der Waals surface area contributed by atoms with Crippen LogP contribution in [0.3, 0.4) is 0 Å². The Morgan fingerprint density at radius 2 is 0.889 bits per heavy atom. The van der Waals surface area contributed by atoms with Gasteiger partial charge in [0.25, 0.3) is 0 Å². The molecule has 3 aliphatic heterocycles. The zero-order valence-corrected chi connectivity index (χ0v) is 46.1. The van der Waals surface area contributed by atoms with Crippen LogP contribution in [0.4, 0.5) is 0 Å². The van der Waals surface area contributed by atoms with Crippen LogP contribution in [0.5, 0.6) is 5.75 Å². The van der Waals surface area contributed by atoms with Crippen molar-refractivity contribution in [1.82, 2.24) is 0 Å². The maximum atomic E-state index is 14.5. The van der Waals surface area contributed by atoms with Gasteiger partial charge in [-0.1, -0.05) is 92.4 Å². The van der Waals surface area contributed by atoms with Gasteiger partial charge in [-0.15, -0.1) is 0 Å². The zero-order chi connectivity index (χ0) is 57.8. The predicted molar refractivity (Wildman–Crippen MR) is 286 cm³/mol. The van der Waals surface area contributed by atoms with Crippen molar-refractivity contribution >= 4 is 37.9 Å². The Labute approximate surface area is 468 Å². The molecule has 21 nitrogen and oxygen atoms in total. The van der Waals surface area contributed by atoms with Crippen molar-refractivity contribution in [2.75, 3.05) is 26.9 Å². The summed E-state index contributed by atoms with van der Waals surface area (Å²) in [5, 5.41) is 43.4. The number of esters is 5. The fraction of sp³-hybridized carbons (Fsp3) is 0.407. The lowest BCUT2D eigenvalue weighted by Crippen LogP contribution is -2.68. The summed E-state index contributed by atoms with van der Waals surface area (Å²) >= 11 is 0. The van der Waals surface area contributed by atoms with E-state index in [0.717, 1.165) is 0 Å². The molecule has 0 unspecified atom stereocenters. The minimum Gasteiger partial charge on any atom is -0.497 e. The molecule has 0 amide bonds. The van der Waals surface area contributed by atoms with Crippen molar-refractivity contribution in [2.45, 2.75) is 125 Å². The molecule has 3 aliphatic rings. The second-order valence-electron chi connectivity index (χ2n) is 20.6. The van der Waals surface area contributed by atoms with E-state index >= 15 is 0 Å². The summed E-state index contributed by atoms with van der Waals surface area (Å²) in [6.45, 7) is 6.51. The maximum absolute atomic E-state index is 14.5. The number of carbonyl (C=O) groups is 5. The van der Waals surface area contributed by atoms with Gasteiger partial charge in [0.2, 0.25) is 0 Å². The van der Waals surface area contributed by atoms with Crippen molar-refractivity contribution in [3.05, 3.63) is 173 Å². The molecule has 3 saturated heterocycles. The smallest absolute Gasteiger partial charge is 0.338 e. The van der Waals surface area contributed by atoms with Crippen LogP contribution in [0.15, 0.2) is 146 Å². The first-order valence-electron chi connectivity index (χ1n) is 26.3. The lowest BCUT2D eigenvalue weighted by Gasteiger charge is -2.49. The molecule has 15 atom stereocenters. The molecule has 0 aromatic heterocycles. The normalized spacial score (nSPS) is 28.4. The van der Waals surface area contributed by atoms with E-state index in [0.29, 0.717) is 11.8 Å². The highest BCUT2D eigenvalue weighted by molar-refractivity contribution is 6.76. The van der Waals surface area contributed by atoms with Gasteiger partial charge in [-0.2, -0.15) is 0 Å². The standard InChI is InChI=1S/C59H66O21Si/c1-34-46(48(75-53(65)35-18-10-6-11-19-35)50(58(72-34)70-30-31-81(3,4)5)77-55(67)37-22-14-8-15-23-37)79-59-51(78-56(68)38-24-16-9-17-25-38)49(76-54(66)36-20-12-7-13-21-36)47(80-57-45(63)44(62)43(61)41(32-60)73-57)42(74-59)33-71-52(64)39-26-28-40(69-2)29-27-39/h6-29,34,41-51,57-63H,30-33H2,1-5H3/t34-,41-,42-,43+,44+,45-,46-,47+,48+,49+,50-,51-,57+,58-,59+/m1/s1. The monoisotopic (exact) mass is 1140 g/mol.